The van der Waals surface area contributed by atoms with Crippen LogP contribution in [0, 0.1) is 11.8 Å². The van der Waals surface area contributed by atoms with Crippen LogP contribution in [0.2, 0.25) is 0 Å². The van der Waals surface area contributed by atoms with Gasteiger partial charge >= 0.3 is 5.97 Å². The van der Waals surface area contributed by atoms with Crippen LogP contribution in [0.15, 0.2) is 60.7 Å². The lowest BCUT2D eigenvalue weighted by molar-refractivity contribution is -0.143. The molecule has 3 aromatic rings. The molecule has 6 rings (SSSR count). The van der Waals surface area contributed by atoms with Crippen LogP contribution in [0.25, 0.3) is 0 Å². The second-order valence-electron chi connectivity index (χ2n) is 11.8. The summed E-state index contributed by atoms with van der Waals surface area (Å²) < 4.78 is 17.5. The van der Waals surface area contributed by atoms with Crippen molar-refractivity contribution in [3.8, 4) is 17.2 Å². The first-order valence-electron chi connectivity index (χ1n) is 15.4. The van der Waals surface area contributed by atoms with Gasteiger partial charge in [0.2, 0.25) is 5.91 Å². The summed E-state index contributed by atoms with van der Waals surface area (Å²) in [5, 5.41) is 13.8. The van der Waals surface area contributed by atoms with Gasteiger partial charge in [-0.05, 0) is 78.1 Å². The maximum atomic E-state index is 13.6. The number of anilines is 1. The molecule has 1 amide bonds. The number of carbonyl (C=O) groups excluding carboxylic acids is 1. The number of rotatable bonds is 11. The molecule has 1 saturated heterocycles. The Labute approximate surface area is 252 Å². The zero-order chi connectivity index (χ0) is 29.9. The number of para-hydroxylation sites is 1. The zero-order valence-electron chi connectivity index (χ0n) is 24.9. The lowest BCUT2D eigenvalue weighted by atomic mass is 9.82. The van der Waals surface area contributed by atoms with Crippen LogP contribution in [0.3, 0.4) is 0 Å². The normalized spacial score (nSPS) is 21.4. The van der Waals surface area contributed by atoms with E-state index in [4.69, 9.17) is 14.2 Å². The van der Waals surface area contributed by atoms with Crippen LogP contribution in [-0.4, -0.2) is 54.8 Å². The highest BCUT2D eigenvalue weighted by Crippen LogP contribution is 2.47. The summed E-state index contributed by atoms with van der Waals surface area (Å²) in [7, 11) is 0. The van der Waals surface area contributed by atoms with Crippen LogP contribution in [0.1, 0.15) is 60.9 Å². The van der Waals surface area contributed by atoms with Crippen molar-refractivity contribution >= 4 is 17.6 Å². The molecule has 2 aliphatic heterocycles. The van der Waals surface area contributed by atoms with Gasteiger partial charge in [0.25, 0.3) is 0 Å². The standard InChI is InChI=1S/C35H40N2O6/c1-3-23-6-5-7-24(4-2)33(23)36-31(38)20-37-19-28(26-12-15-29-30(18-26)42-17-16-41-29)32(35(39)40)34(37)25-10-13-27(14-11-25)43-21-22-8-9-22/h5-7,10-15,18,22,28,32,34H,3-4,8-9,16-17,19-21H2,1-2H3,(H,36,38)(H,39,40)/t28-,32?,34+/m1/s1. The highest BCUT2D eigenvalue weighted by Gasteiger charge is 2.48. The second kappa shape index (κ2) is 12.7. The highest BCUT2D eigenvalue weighted by atomic mass is 16.6. The molecular formula is C35H40N2O6. The fourth-order valence-corrected chi connectivity index (χ4v) is 6.44. The molecule has 3 atom stereocenters. The topological polar surface area (TPSA) is 97.3 Å². The molecule has 1 aliphatic carbocycles. The van der Waals surface area contributed by atoms with Gasteiger partial charge in [-0.1, -0.05) is 50.2 Å². The summed E-state index contributed by atoms with van der Waals surface area (Å²) in [6, 6.07) is 19.0. The molecule has 1 unspecified atom stereocenters. The summed E-state index contributed by atoms with van der Waals surface area (Å²) in [5.41, 5.74) is 4.75. The minimum atomic E-state index is -0.897. The third-order valence-electron chi connectivity index (χ3n) is 8.89. The number of nitrogens with one attached hydrogen (secondary N) is 1. The maximum absolute atomic E-state index is 13.6. The van der Waals surface area contributed by atoms with Gasteiger partial charge in [-0.25, -0.2) is 0 Å². The first-order chi connectivity index (χ1) is 20.9. The van der Waals surface area contributed by atoms with Crippen molar-refractivity contribution in [2.24, 2.45) is 11.8 Å². The number of hydrogen-bond acceptors (Lipinski definition) is 6. The molecule has 8 heteroatoms. The zero-order valence-corrected chi connectivity index (χ0v) is 24.9. The van der Waals surface area contributed by atoms with Crippen LogP contribution < -0.4 is 19.5 Å². The highest BCUT2D eigenvalue weighted by molar-refractivity contribution is 5.94. The van der Waals surface area contributed by atoms with E-state index in [1.807, 2.05) is 65.6 Å². The number of likely N-dealkylation sites (tertiary alicyclic amines) is 1. The van der Waals surface area contributed by atoms with E-state index >= 15 is 0 Å². The van der Waals surface area contributed by atoms with Crippen molar-refractivity contribution in [2.45, 2.75) is 51.5 Å². The average molecular weight is 585 g/mol. The van der Waals surface area contributed by atoms with Gasteiger partial charge in [-0.2, -0.15) is 0 Å². The Balaban J connectivity index is 1.31. The number of carboxylic acids is 1. The number of hydrogen-bond donors (Lipinski definition) is 2. The van der Waals surface area contributed by atoms with E-state index in [1.54, 1.807) is 0 Å². The molecule has 2 fully saturated rings. The molecule has 3 aromatic carbocycles. The van der Waals surface area contributed by atoms with Gasteiger partial charge in [0.1, 0.15) is 19.0 Å². The second-order valence-corrected chi connectivity index (χ2v) is 11.8. The minimum Gasteiger partial charge on any atom is -0.493 e. The van der Waals surface area contributed by atoms with Crippen molar-refractivity contribution < 1.29 is 28.9 Å². The predicted molar refractivity (Wildman–Crippen MR) is 164 cm³/mol. The van der Waals surface area contributed by atoms with Gasteiger partial charge in [0, 0.05) is 24.2 Å². The summed E-state index contributed by atoms with van der Waals surface area (Å²) in [6.07, 6.45) is 4.03. The molecule has 1 saturated carbocycles. The summed E-state index contributed by atoms with van der Waals surface area (Å²) in [6.45, 7) is 6.27. The molecule has 0 aromatic heterocycles. The third-order valence-corrected chi connectivity index (χ3v) is 8.89. The molecule has 2 N–H and O–H groups in total. The number of carbonyl (C=O) groups is 2. The molecule has 0 bridgehead atoms. The number of nitrogens with zero attached hydrogens (tertiary/aromatic N) is 1. The van der Waals surface area contributed by atoms with Crippen molar-refractivity contribution in [1.29, 1.82) is 0 Å². The van der Waals surface area contributed by atoms with E-state index in [9.17, 15) is 14.7 Å². The van der Waals surface area contributed by atoms with Crippen molar-refractivity contribution in [3.05, 3.63) is 82.9 Å². The van der Waals surface area contributed by atoms with Gasteiger partial charge in [0.05, 0.1) is 19.1 Å². The van der Waals surface area contributed by atoms with Crippen molar-refractivity contribution in [1.82, 2.24) is 4.90 Å². The van der Waals surface area contributed by atoms with Crippen LogP contribution in [0.4, 0.5) is 5.69 Å². The number of ether oxygens (including phenoxy) is 3. The Morgan fingerprint density at radius 3 is 2.26 bits per heavy atom. The lowest BCUT2D eigenvalue weighted by Gasteiger charge is -2.27. The summed E-state index contributed by atoms with van der Waals surface area (Å²) in [5.74, 6) is 0.517. The molecule has 0 spiro atoms. The Morgan fingerprint density at radius 1 is 0.930 bits per heavy atom. The smallest absolute Gasteiger partial charge is 0.309 e. The van der Waals surface area contributed by atoms with E-state index < -0.39 is 17.9 Å². The number of carboxylic acid groups (broad SMARTS) is 1. The number of amides is 1. The summed E-state index contributed by atoms with van der Waals surface area (Å²) in [4.78, 5) is 28.6. The SMILES string of the molecule is CCc1cccc(CC)c1NC(=O)CN1C[C@H](c2ccc3c(c2)OCCO3)C(C(=O)O)[C@@H]1c1ccc(OCC2CC2)cc1. The number of aryl methyl sites for hydroxylation is 2. The van der Waals surface area contributed by atoms with E-state index in [2.05, 4.69) is 19.2 Å². The van der Waals surface area contributed by atoms with Gasteiger partial charge < -0.3 is 24.6 Å². The van der Waals surface area contributed by atoms with Crippen molar-refractivity contribution in [2.75, 3.05) is 38.2 Å². The number of benzene rings is 3. The third kappa shape index (κ3) is 6.34. The largest absolute Gasteiger partial charge is 0.493 e. The molecule has 8 nitrogen and oxygen atoms in total. The molecule has 2 heterocycles. The number of aliphatic carboxylic acids is 1. The van der Waals surface area contributed by atoms with Gasteiger partial charge in [-0.15, -0.1) is 0 Å². The monoisotopic (exact) mass is 584 g/mol. The molecule has 0 radical (unpaired) electrons. The molecule has 226 valence electrons. The Bertz CT molecular complexity index is 1450. The Hall–Kier alpha value is -4.04. The fourth-order valence-electron chi connectivity index (χ4n) is 6.44. The Kier molecular flexibility index (Phi) is 8.56. The van der Waals surface area contributed by atoms with Crippen LogP contribution in [0.5, 0.6) is 17.2 Å². The predicted octanol–water partition coefficient (Wildman–Crippen LogP) is 5.85. The van der Waals surface area contributed by atoms with E-state index in [0.717, 1.165) is 46.5 Å². The van der Waals surface area contributed by atoms with E-state index in [1.165, 1.54) is 12.8 Å². The molecule has 43 heavy (non-hydrogen) atoms. The average Bonchev–Trinajstić information content (AvgIpc) is 3.79. The minimum absolute atomic E-state index is 0.0661. The fraction of sp³-hybridized carbons (Fsp3) is 0.429. The molecule has 3 aliphatic rings. The molecular weight excluding hydrogens is 544 g/mol. The summed E-state index contributed by atoms with van der Waals surface area (Å²) >= 11 is 0. The lowest BCUT2D eigenvalue weighted by Crippen LogP contribution is -2.35. The maximum Gasteiger partial charge on any atom is 0.309 e. The van der Waals surface area contributed by atoms with Crippen molar-refractivity contribution in [3.63, 3.8) is 0 Å². The number of fused-ring (bicyclic) bond motifs is 1. The van der Waals surface area contributed by atoms with Crippen LogP contribution >= 0.6 is 0 Å². The van der Waals surface area contributed by atoms with E-state index in [-0.39, 0.29) is 18.4 Å². The first kappa shape index (κ1) is 29.1. The van der Waals surface area contributed by atoms with E-state index in [0.29, 0.717) is 43.8 Å². The van der Waals surface area contributed by atoms with Gasteiger partial charge in [-0.3, -0.25) is 14.5 Å². The first-order valence-corrected chi connectivity index (χ1v) is 15.4. The Morgan fingerprint density at radius 2 is 1.60 bits per heavy atom. The quantitative estimate of drug-likeness (QED) is 0.292. The van der Waals surface area contributed by atoms with Crippen LogP contribution in [-0.2, 0) is 22.4 Å². The van der Waals surface area contributed by atoms with Gasteiger partial charge in [0.15, 0.2) is 11.5 Å².